The summed E-state index contributed by atoms with van der Waals surface area (Å²) in [6.07, 6.45) is 79.6. The average Bonchev–Trinajstić information content (AvgIpc) is 3.40. The summed E-state index contributed by atoms with van der Waals surface area (Å²) in [6.45, 7) is 3.59. The zero-order valence-corrected chi connectivity index (χ0v) is 49.4. The van der Waals surface area contributed by atoms with Crippen molar-refractivity contribution >= 4 is 19.8 Å². The van der Waals surface area contributed by atoms with Gasteiger partial charge < -0.3 is 20.1 Å². The van der Waals surface area contributed by atoms with Crippen molar-refractivity contribution in [3.05, 3.63) is 85.1 Å². The minimum Gasteiger partial charge on any atom is -0.462 e. The Bertz CT molecular complexity index is 1500. The summed E-state index contributed by atoms with van der Waals surface area (Å²) >= 11 is 0. The van der Waals surface area contributed by atoms with Gasteiger partial charge in [0.1, 0.15) is 6.61 Å². The lowest BCUT2D eigenvalue weighted by molar-refractivity contribution is -0.161. The van der Waals surface area contributed by atoms with Gasteiger partial charge in [-0.3, -0.25) is 18.6 Å². The van der Waals surface area contributed by atoms with Crippen molar-refractivity contribution in [2.24, 2.45) is 5.73 Å². The number of esters is 2. The number of rotatable bonds is 58. The van der Waals surface area contributed by atoms with E-state index < -0.39 is 32.5 Å². The fraction of sp³-hybridized carbons (Fsp3) is 0.754. The number of hydrogen-bond donors (Lipinski definition) is 2. The van der Waals surface area contributed by atoms with E-state index in [-0.39, 0.29) is 32.6 Å². The Kier molecular flexibility index (Phi) is 58.2. The first-order valence-corrected chi connectivity index (χ1v) is 32.6. The third-order valence-corrected chi connectivity index (χ3v) is 14.3. The van der Waals surface area contributed by atoms with Gasteiger partial charge in [-0.05, 0) is 64.2 Å². The quantitative estimate of drug-likeness (QED) is 0.0264. The van der Waals surface area contributed by atoms with E-state index in [9.17, 15) is 19.0 Å². The third-order valence-electron chi connectivity index (χ3n) is 13.3. The molecule has 0 heterocycles. The molecule has 0 aromatic heterocycles. The number of hydrogen-bond acceptors (Lipinski definition) is 8. The first-order chi connectivity index (χ1) is 36.8. The second kappa shape index (κ2) is 60.4. The molecule has 434 valence electrons. The maximum atomic E-state index is 12.7. The molecule has 0 radical (unpaired) electrons. The summed E-state index contributed by atoms with van der Waals surface area (Å²) in [5.41, 5.74) is 5.38. The molecular formula is C65H116NO8P. The lowest BCUT2D eigenvalue weighted by atomic mass is 10.0. The van der Waals surface area contributed by atoms with Crippen molar-refractivity contribution in [1.29, 1.82) is 0 Å². The molecule has 0 aliphatic heterocycles. The van der Waals surface area contributed by atoms with Crippen LogP contribution in [0.4, 0.5) is 0 Å². The maximum Gasteiger partial charge on any atom is 0.472 e. The van der Waals surface area contributed by atoms with Gasteiger partial charge in [0.05, 0.1) is 13.2 Å². The number of ether oxygens (including phenoxy) is 2. The van der Waals surface area contributed by atoms with Crippen LogP contribution in [0.25, 0.3) is 0 Å². The highest BCUT2D eigenvalue weighted by Crippen LogP contribution is 2.43. The van der Waals surface area contributed by atoms with Gasteiger partial charge in [0.15, 0.2) is 6.10 Å². The SMILES string of the molecule is CC/C=C\C/C=C\C/C=C\C/C=C\C/C=C\C/C=C\C/C=C\CCCC(=O)OC(COC(=O)CCCCCCCCCCCCCCCCCCCCCCCCCCCCCCCCC)COP(=O)(O)OCCN. The Hall–Kier alpha value is -2.81. The highest BCUT2D eigenvalue weighted by Gasteiger charge is 2.26. The lowest BCUT2D eigenvalue weighted by Gasteiger charge is -2.19. The molecule has 9 nitrogen and oxygen atoms in total. The second-order valence-corrected chi connectivity index (χ2v) is 22.0. The van der Waals surface area contributed by atoms with Gasteiger partial charge >= 0.3 is 19.8 Å². The predicted octanol–water partition coefficient (Wildman–Crippen LogP) is 19.9. The Labute approximate surface area is 462 Å². The van der Waals surface area contributed by atoms with Gasteiger partial charge in [-0.1, -0.05) is 292 Å². The molecule has 0 saturated heterocycles. The smallest absolute Gasteiger partial charge is 0.462 e. The van der Waals surface area contributed by atoms with Gasteiger partial charge in [-0.25, -0.2) is 4.57 Å². The summed E-state index contributed by atoms with van der Waals surface area (Å²) in [4.78, 5) is 35.2. The van der Waals surface area contributed by atoms with E-state index in [1.54, 1.807) is 0 Å². The number of unbranched alkanes of at least 4 members (excludes halogenated alkanes) is 31. The molecule has 0 aromatic rings. The van der Waals surface area contributed by atoms with Crippen LogP contribution in [0.3, 0.4) is 0 Å². The van der Waals surface area contributed by atoms with Crippen LogP contribution in [0, 0.1) is 0 Å². The molecule has 10 heteroatoms. The lowest BCUT2D eigenvalue weighted by Crippen LogP contribution is -2.29. The topological polar surface area (TPSA) is 134 Å². The molecule has 0 bridgehead atoms. The maximum absolute atomic E-state index is 12.7. The fourth-order valence-electron chi connectivity index (χ4n) is 8.75. The van der Waals surface area contributed by atoms with Crippen LogP contribution in [0.1, 0.15) is 284 Å². The minimum atomic E-state index is -4.41. The molecule has 0 aliphatic rings. The van der Waals surface area contributed by atoms with Gasteiger partial charge in [0, 0.05) is 19.4 Å². The number of phosphoric ester groups is 1. The van der Waals surface area contributed by atoms with Crippen molar-refractivity contribution in [3.8, 4) is 0 Å². The van der Waals surface area contributed by atoms with Crippen molar-refractivity contribution in [1.82, 2.24) is 0 Å². The van der Waals surface area contributed by atoms with Gasteiger partial charge in [0.2, 0.25) is 0 Å². The third kappa shape index (κ3) is 60.3. The minimum absolute atomic E-state index is 0.0412. The highest BCUT2D eigenvalue weighted by atomic mass is 31.2. The summed E-state index contributed by atoms with van der Waals surface area (Å²) in [5, 5.41) is 0. The molecule has 3 N–H and O–H groups in total. The van der Waals surface area contributed by atoms with Gasteiger partial charge in [-0.2, -0.15) is 0 Å². The Morgan fingerprint density at radius 3 is 1.08 bits per heavy atom. The first-order valence-electron chi connectivity index (χ1n) is 31.1. The Balaban J connectivity index is 3.97. The van der Waals surface area contributed by atoms with E-state index in [0.29, 0.717) is 12.8 Å². The van der Waals surface area contributed by atoms with E-state index in [0.717, 1.165) is 64.2 Å². The van der Waals surface area contributed by atoms with Gasteiger partial charge in [0.25, 0.3) is 0 Å². The average molecular weight is 1070 g/mol. The molecule has 0 saturated carbocycles. The summed E-state index contributed by atoms with van der Waals surface area (Å²) in [5.74, 6) is -0.892. The van der Waals surface area contributed by atoms with E-state index in [1.165, 1.54) is 180 Å². The predicted molar refractivity (Wildman–Crippen MR) is 321 cm³/mol. The molecule has 0 aromatic carbocycles. The van der Waals surface area contributed by atoms with Crippen LogP contribution in [-0.4, -0.2) is 49.3 Å². The zero-order chi connectivity index (χ0) is 54.5. The number of nitrogens with two attached hydrogens (primary N) is 1. The molecule has 0 rings (SSSR count). The number of carbonyl (C=O) groups excluding carboxylic acids is 2. The number of allylic oxidation sites excluding steroid dienone is 14. The highest BCUT2D eigenvalue weighted by molar-refractivity contribution is 7.47. The second-order valence-electron chi connectivity index (χ2n) is 20.6. The number of carbonyl (C=O) groups is 2. The zero-order valence-electron chi connectivity index (χ0n) is 48.5. The van der Waals surface area contributed by atoms with Crippen LogP contribution < -0.4 is 5.73 Å². The molecule has 0 aliphatic carbocycles. The normalized spacial score (nSPS) is 13.6. The molecule has 0 amide bonds. The molecular weight excluding hydrogens is 954 g/mol. The fourth-order valence-corrected chi connectivity index (χ4v) is 9.51. The molecule has 2 unspecified atom stereocenters. The summed E-state index contributed by atoms with van der Waals surface area (Å²) < 4.78 is 33.0. The Morgan fingerprint density at radius 2 is 0.733 bits per heavy atom. The van der Waals surface area contributed by atoms with Gasteiger partial charge in [-0.15, -0.1) is 0 Å². The molecule has 75 heavy (non-hydrogen) atoms. The largest absolute Gasteiger partial charge is 0.472 e. The van der Waals surface area contributed by atoms with E-state index >= 15 is 0 Å². The van der Waals surface area contributed by atoms with Crippen LogP contribution in [0.2, 0.25) is 0 Å². The van der Waals surface area contributed by atoms with Crippen LogP contribution in [0.5, 0.6) is 0 Å². The standard InChI is InChI=1S/C65H116NO8P/c1-3-5-7-9-11-13-15-17-19-21-23-25-27-28-29-30-31-32-33-34-36-37-39-41-43-45-47-49-51-53-55-57-64(67)71-61-63(62-73-75(69,70)72-60-59-66)74-65(68)58-56-54-52-50-48-46-44-42-40-38-35-26-24-22-20-18-16-14-12-10-8-6-4-2/h6,8,12,14,18,20,24,26,38,40,44,46,50,52,63H,3-5,7,9-11,13,15-17,19,21-23,25,27-37,39,41-43,45,47-49,51,53-62,66H2,1-2H3,(H,69,70)/b8-6-,14-12-,20-18-,26-24-,40-38-,46-44-,52-50-. The number of phosphoric acid groups is 1. The van der Waals surface area contributed by atoms with E-state index in [2.05, 4.69) is 92.8 Å². The van der Waals surface area contributed by atoms with Crippen LogP contribution >= 0.6 is 7.82 Å². The van der Waals surface area contributed by atoms with Crippen molar-refractivity contribution in [3.63, 3.8) is 0 Å². The van der Waals surface area contributed by atoms with Crippen LogP contribution in [0.15, 0.2) is 85.1 Å². The Morgan fingerprint density at radius 1 is 0.413 bits per heavy atom. The molecule has 0 fully saturated rings. The van der Waals surface area contributed by atoms with Crippen molar-refractivity contribution in [2.45, 2.75) is 290 Å². The molecule has 2 atom stereocenters. The monoisotopic (exact) mass is 1070 g/mol. The van der Waals surface area contributed by atoms with Crippen LogP contribution in [-0.2, 0) is 32.7 Å². The van der Waals surface area contributed by atoms with E-state index in [1.807, 2.05) is 6.08 Å². The van der Waals surface area contributed by atoms with Crippen molar-refractivity contribution in [2.75, 3.05) is 26.4 Å². The summed E-state index contributed by atoms with van der Waals surface area (Å²) in [6, 6.07) is 0. The first kappa shape index (κ1) is 72.2. The van der Waals surface area contributed by atoms with E-state index in [4.69, 9.17) is 24.3 Å². The summed E-state index contributed by atoms with van der Waals surface area (Å²) in [7, 11) is -4.41. The molecule has 0 spiro atoms. The van der Waals surface area contributed by atoms with Crippen molar-refractivity contribution < 1.29 is 37.6 Å².